The minimum Gasteiger partial charge on any atom is -0.491 e. The molecule has 10 heteroatoms. The van der Waals surface area contributed by atoms with Crippen LogP contribution in [0.25, 0.3) is 11.1 Å². The van der Waals surface area contributed by atoms with Crippen LogP contribution in [0.1, 0.15) is 28.9 Å². The number of aromatic nitrogens is 1. The summed E-state index contributed by atoms with van der Waals surface area (Å²) in [5.41, 5.74) is 1.89. The Kier molecular flexibility index (Phi) is 5.76. The molecule has 0 bridgehead atoms. The maximum atomic E-state index is 13.4. The van der Waals surface area contributed by atoms with Crippen LogP contribution in [0.15, 0.2) is 35.1 Å². The first-order valence-corrected chi connectivity index (χ1v) is 9.83. The summed E-state index contributed by atoms with van der Waals surface area (Å²) in [6.07, 6.45) is -2.66. The smallest absolute Gasteiger partial charge is 0.431 e. The number of halogens is 3. The first-order chi connectivity index (χ1) is 14.7. The van der Waals surface area contributed by atoms with Gasteiger partial charge in [-0.15, -0.1) is 0 Å². The van der Waals surface area contributed by atoms with E-state index in [1.54, 1.807) is 4.98 Å². The van der Waals surface area contributed by atoms with E-state index < -0.39 is 28.9 Å². The van der Waals surface area contributed by atoms with Crippen LogP contribution in [-0.4, -0.2) is 42.9 Å². The summed E-state index contributed by atoms with van der Waals surface area (Å²) in [4.78, 5) is 24.9. The fourth-order valence-electron chi connectivity index (χ4n) is 3.53. The number of ether oxygens (including phenoxy) is 3. The van der Waals surface area contributed by atoms with Crippen LogP contribution in [-0.2, 0) is 15.7 Å². The zero-order valence-corrected chi connectivity index (χ0v) is 16.4. The SMILES string of the molecule is NC(=O)c1cc(-c2ccc(OCC3COCC(C4CC4)O3)cc2)c(C(F)(F)F)[nH]c1=O. The number of aromatic amines is 1. The number of primary amides is 1. The number of benzene rings is 1. The second-order valence-corrected chi connectivity index (χ2v) is 7.67. The molecule has 2 aliphatic rings. The average Bonchev–Trinajstić information content (AvgIpc) is 3.57. The Morgan fingerprint density at radius 2 is 1.90 bits per heavy atom. The largest absolute Gasteiger partial charge is 0.491 e. The molecule has 31 heavy (non-hydrogen) atoms. The molecular formula is C21H21F3N2O5. The number of nitrogens with two attached hydrogens (primary N) is 1. The highest BCUT2D eigenvalue weighted by Crippen LogP contribution is 2.37. The number of amides is 1. The van der Waals surface area contributed by atoms with Crippen molar-refractivity contribution in [2.45, 2.75) is 31.2 Å². The van der Waals surface area contributed by atoms with Crippen molar-refractivity contribution in [3.8, 4) is 16.9 Å². The van der Waals surface area contributed by atoms with E-state index in [4.69, 9.17) is 19.9 Å². The van der Waals surface area contributed by atoms with Gasteiger partial charge in [-0.25, -0.2) is 0 Å². The summed E-state index contributed by atoms with van der Waals surface area (Å²) in [5, 5.41) is 0. The second-order valence-electron chi connectivity index (χ2n) is 7.67. The minimum atomic E-state index is -4.82. The molecular weight excluding hydrogens is 417 g/mol. The molecule has 1 aromatic heterocycles. The summed E-state index contributed by atoms with van der Waals surface area (Å²) in [6.45, 7) is 1.26. The maximum absolute atomic E-state index is 13.4. The molecule has 2 fully saturated rings. The van der Waals surface area contributed by atoms with Crippen molar-refractivity contribution in [3.63, 3.8) is 0 Å². The predicted molar refractivity (Wildman–Crippen MR) is 104 cm³/mol. The molecule has 2 heterocycles. The third kappa shape index (κ3) is 4.91. The third-order valence-electron chi connectivity index (χ3n) is 5.29. The normalized spacial score (nSPS) is 21.6. The van der Waals surface area contributed by atoms with Crippen molar-refractivity contribution in [2.24, 2.45) is 11.7 Å². The van der Waals surface area contributed by atoms with Gasteiger partial charge >= 0.3 is 6.18 Å². The van der Waals surface area contributed by atoms with Crippen molar-refractivity contribution in [1.82, 2.24) is 4.98 Å². The van der Waals surface area contributed by atoms with Gasteiger partial charge in [-0.2, -0.15) is 13.2 Å². The zero-order chi connectivity index (χ0) is 22.2. The number of pyridine rings is 1. The molecule has 1 saturated carbocycles. The second kappa shape index (κ2) is 8.35. The Labute approximate surface area is 175 Å². The van der Waals surface area contributed by atoms with Gasteiger partial charge in [0.2, 0.25) is 0 Å². The molecule has 3 N–H and O–H groups in total. The molecule has 2 atom stereocenters. The lowest BCUT2D eigenvalue weighted by Gasteiger charge is -2.30. The van der Waals surface area contributed by atoms with E-state index >= 15 is 0 Å². The Hall–Kier alpha value is -2.85. The maximum Gasteiger partial charge on any atom is 0.431 e. The third-order valence-corrected chi connectivity index (χ3v) is 5.29. The average molecular weight is 438 g/mol. The molecule has 7 nitrogen and oxygen atoms in total. The Balaban J connectivity index is 1.50. The summed E-state index contributed by atoms with van der Waals surface area (Å²) >= 11 is 0. The van der Waals surface area contributed by atoms with E-state index in [0.29, 0.717) is 24.9 Å². The van der Waals surface area contributed by atoms with E-state index in [0.717, 1.165) is 18.9 Å². The highest BCUT2D eigenvalue weighted by atomic mass is 19.4. The molecule has 166 valence electrons. The Morgan fingerprint density at radius 1 is 1.19 bits per heavy atom. The first-order valence-electron chi connectivity index (χ1n) is 9.83. The van der Waals surface area contributed by atoms with Gasteiger partial charge < -0.3 is 24.9 Å². The molecule has 1 aliphatic carbocycles. The van der Waals surface area contributed by atoms with E-state index in [1.165, 1.54) is 24.3 Å². The van der Waals surface area contributed by atoms with Crippen LogP contribution in [0, 0.1) is 5.92 Å². The fourth-order valence-corrected chi connectivity index (χ4v) is 3.53. The van der Waals surface area contributed by atoms with Crippen molar-refractivity contribution in [1.29, 1.82) is 0 Å². The van der Waals surface area contributed by atoms with Gasteiger partial charge in [0.05, 0.1) is 19.3 Å². The molecule has 1 saturated heterocycles. The summed E-state index contributed by atoms with van der Waals surface area (Å²) in [5.74, 6) is -0.128. The number of nitrogens with one attached hydrogen (secondary N) is 1. The topological polar surface area (TPSA) is 104 Å². The summed E-state index contributed by atoms with van der Waals surface area (Å²) < 4.78 is 57.5. The molecule has 2 unspecified atom stereocenters. The van der Waals surface area contributed by atoms with Crippen molar-refractivity contribution in [3.05, 3.63) is 51.9 Å². The standard InChI is InChI=1S/C21H21F3N2O5/c22-21(23,24)18-15(7-16(19(25)27)20(28)26-18)11-3-5-13(6-4-11)30-9-14-8-29-10-17(31-14)12-1-2-12/h3-7,12,14,17H,1-2,8-10H2,(H2,25,27)(H,26,28). The van der Waals surface area contributed by atoms with Gasteiger partial charge in [0.1, 0.15) is 29.7 Å². The van der Waals surface area contributed by atoms with Crippen molar-refractivity contribution in [2.75, 3.05) is 19.8 Å². The number of hydrogen-bond donors (Lipinski definition) is 2. The lowest BCUT2D eigenvalue weighted by atomic mass is 10.0. The highest BCUT2D eigenvalue weighted by Gasteiger charge is 2.37. The molecule has 1 amide bonds. The number of hydrogen-bond acceptors (Lipinski definition) is 5. The minimum absolute atomic E-state index is 0.0882. The lowest BCUT2D eigenvalue weighted by molar-refractivity contribution is -0.154. The van der Waals surface area contributed by atoms with E-state index in [1.807, 2.05) is 0 Å². The van der Waals surface area contributed by atoms with Crippen molar-refractivity contribution < 1.29 is 32.2 Å². The zero-order valence-electron chi connectivity index (χ0n) is 16.4. The van der Waals surface area contributed by atoms with E-state index in [2.05, 4.69) is 0 Å². The van der Waals surface area contributed by atoms with E-state index in [-0.39, 0.29) is 29.9 Å². The van der Waals surface area contributed by atoms with Crippen LogP contribution >= 0.6 is 0 Å². The molecule has 1 aliphatic heterocycles. The molecule has 0 spiro atoms. The lowest BCUT2D eigenvalue weighted by Crippen LogP contribution is -2.40. The van der Waals surface area contributed by atoms with Crippen LogP contribution in [0.5, 0.6) is 5.75 Å². The van der Waals surface area contributed by atoms with E-state index in [9.17, 15) is 22.8 Å². The number of rotatable bonds is 6. The fraction of sp³-hybridized carbons (Fsp3) is 0.429. The van der Waals surface area contributed by atoms with Crippen LogP contribution in [0.2, 0.25) is 0 Å². The van der Waals surface area contributed by atoms with Crippen molar-refractivity contribution >= 4 is 5.91 Å². The number of carbonyl (C=O) groups excluding carboxylic acids is 1. The molecule has 1 aromatic carbocycles. The van der Waals surface area contributed by atoms with Crippen LogP contribution < -0.4 is 16.0 Å². The van der Waals surface area contributed by atoms with Crippen LogP contribution in [0.4, 0.5) is 13.2 Å². The molecule has 2 aromatic rings. The monoisotopic (exact) mass is 438 g/mol. The molecule has 0 radical (unpaired) electrons. The Morgan fingerprint density at radius 3 is 2.52 bits per heavy atom. The van der Waals surface area contributed by atoms with Gasteiger partial charge in [0.15, 0.2) is 0 Å². The molecule has 4 rings (SSSR count). The van der Waals surface area contributed by atoms with Gasteiger partial charge in [-0.3, -0.25) is 9.59 Å². The number of alkyl halides is 3. The van der Waals surface area contributed by atoms with Gasteiger partial charge in [-0.05, 0) is 42.5 Å². The Bertz CT molecular complexity index is 1020. The first kappa shape index (κ1) is 21.4. The quantitative estimate of drug-likeness (QED) is 0.722. The number of carbonyl (C=O) groups is 1. The van der Waals surface area contributed by atoms with Gasteiger partial charge in [0, 0.05) is 5.56 Å². The van der Waals surface area contributed by atoms with Gasteiger partial charge in [-0.1, -0.05) is 12.1 Å². The predicted octanol–water partition coefficient (Wildman–Crippen LogP) is 2.73. The summed E-state index contributed by atoms with van der Waals surface area (Å²) in [7, 11) is 0. The summed E-state index contributed by atoms with van der Waals surface area (Å²) in [6, 6.07) is 6.69. The van der Waals surface area contributed by atoms with Crippen LogP contribution in [0.3, 0.4) is 0 Å². The highest BCUT2D eigenvalue weighted by molar-refractivity contribution is 5.94. The van der Waals surface area contributed by atoms with Gasteiger partial charge in [0.25, 0.3) is 11.5 Å². The number of H-pyrrole nitrogens is 1.